The lowest BCUT2D eigenvalue weighted by Gasteiger charge is -2.21. The number of benzene rings is 1. The quantitative estimate of drug-likeness (QED) is 0.808. The van der Waals surface area contributed by atoms with Gasteiger partial charge in [0, 0.05) is 25.2 Å². The van der Waals surface area contributed by atoms with Crippen LogP contribution in [0.1, 0.15) is 42.7 Å². The van der Waals surface area contributed by atoms with Crippen molar-refractivity contribution in [2.45, 2.75) is 33.2 Å². The summed E-state index contributed by atoms with van der Waals surface area (Å²) in [6.45, 7) is 6.15. The number of halogens is 1. The number of rotatable bonds is 8. The molecule has 1 aromatic heterocycles. The van der Waals surface area contributed by atoms with Crippen molar-refractivity contribution in [3.05, 3.63) is 53.5 Å². The SMILES string of the molecule is CCCN(CCC)c1ccc(C(=O)NCc2ccccc2F)nn1. The molecule has 2 rings (SSSR count). The fraction of sp³-hybridized carbons (Fsp3) is 0.389. The Balaban J connectivity index is 1.99. The molecular formula is C18H23FN4O. The first kappa shape index (κ1) is 17.8. The van der Waals surface area contributed by atoms with Crippen LogP contribution in [0.5, 0.6) is 0 Å². The maximum absolute atomic E-state index is 13.5. The zero-order valence-electron chi connectivity index (χ0n) is 14.1. The van der Waals surface area contributed by atoms with Gasteiger partial charge in [0.25, 0.3) is 5.91 Å². The molecule has 5 nitrogen and oxygen atoms in total. The van der Waals surface area contributed by atoms with Gasteiger partial charge in [-0.2, -0.15) is 0 Å². The van der Waals surface area contributed by atoms with Crippen LogP contribution in [-0.4, -0.2) is 29.2 Å². The summed E-state index contributed by atoms with van der Waals surface area (Å²) in [5.41, 5.74) is 0.663. The van der Waals surface area contributed by atoms with Gasteiger partial charge in [-0.05, 0) is 31.0 Å². The first-order valence-electron chi connectivity index (χ1n) is 8.26. The van der Waals surface area contributed by atoms with Gasteiger partial charge in [0.1, 0.15) is 5.82 Å². The van der Waals surface area contributed by atoms with Crippen molar-refractivity contribution in [3.63, 3.8) is 0 Å². The number of hydrogen-bond donors (Lipinski definition) is 1. The molecule has 0 aliphatic heterocycles. The number of carbonyl (C=O) groups is 1. The number of nitrogens with zero attached hydrogens (tertiary/aromatic N) is 3. The Labute approximate surface area is 141 Å². The van der Waals surface area contributed by atoms with Crippen LogP contribution >= 0.6 is 0 Å². The van der Waals surface area contributed by atoms with Gasteiger partial charge < -0.3 is 10.2 Å². The molecule has 0 saturated carbocycles. The largest absolute Gasteiger partial charge is 0.355 e. The van der Waals surface area contributed by atoms with E-state index in [-0.39, 0.29) is 24.0 Å². The first-order valence-corrected chi connectivity index (χ1v) is 8.26. The summed E-state index contributed by atoms with van der Waals surface area (Å²) in [4.78, 5) is 14.3. The molecule has 1 amide bonds. The molecule has 0 spiro atoms. The van der Waals surface area contributed by atoms with E-state index in [1.807, 2.05) is 0 Å². The molecule has 6 heteroatoms. The van der Waals surface area contributed by atoms with Gasteiger partial charge in [0.2, 0.25) is 0 Å². The Hall–Kier alpha value is -2.50. The highest BCUT2D eigenvalue weighted by molar-refractivity contribution is 5.92. The third kappa shape index (κ3) is 4.75. The van der Waals surface area contributed by atoms with E-state index in [4.69, 9.17) is 0 Å². The molecule has 0 bridgehead atoms. The molecule has 128 valence electrons. The van der Waals surface area contributed by atoms with Gasteiger partial charge in [-0.15, -0.1) is 10.2 Å². The van der Waals surface area contributed by atoms with Crippen LogP contribution < -0.4 is 10.2 Å². The Morgan fingerprint density at radius 3 is 2.38 bits per heavy atom. The summed E-state index contributed by atoms with van der Waals surface area (Å²) in [5.74, 6) is 0.0631. The highest BCUT2D eigenvalue weighted by atomic mass is 19.1. The molecule has 24 heavy (non-hydrogen) atoms. The van der Waals surface area contributed by atoms with E-state index in [2.05, 4.69) is 34.3 Å². The van der Waals surface area contributed by atoms with E-state index in [9.17, 15) is 9.18 Å². The molecule has 0 radical (unpaired) electrons. The second kappa shape index (κ2) is 8.96. The van der Waals surface area contributed by atoms with Crippen molar-refractivity contribution in [3.8, 4) is 0 Å². The Morgan fingerprint density at radius 2 is 1.79 bits per heavy atom. The normalized spacial score (nSPS) is 10.5. The summed E-state index contributed by atoms with van der Waals surface area (Å²) in [7, 11) is 0. The van der Waals surface area contributed by atoms with Crippen LogP contribution in [0.3, 0.4) is 0 Å². The lowest BCUT2D eigenvalue weighted by molar-refractivity contribution is 0.0944. The number of nitrogens with one attached hydrogen (secondary N) is 1. The highest BCUT2D eigenvalue weighted by Gasteiger charge is 2.11. The second-order valence-electron chi connectivity index (χ2n) is 5.54. The lowest BCUT2D eigenvalue weighted by Crippen LogP contribution is -2.28. The number of hydrogen-bond acceptors (Lipinski definition) is 4. The summed E-state index contributed by atoms with van der Waals surface area (Å²) in [5, 5.41) is 10.8. The van der Waals surface area contributed by atoms with Crippen molar-refractivity contribution in [2.75, 3.05) is 18.0 Å². The van der Waals surface area contributed by atoms with Gasteiger partial charge in [0.15, 0.2) is 11.5 Å². The lowest BCUT2D eigenvalue weighted by atomic mass is 10.2. The number of aromatic nitrogens is 2. The van der Waals surface area contributed by atoms with Crippen LogP contribution in [0.15, 0.2) is 36.4 Å². The molecular weight excluding hydrogens is 307 g/mol. The third-order valence-electron chi connectivity index (χ3n) is 3.59. The van der Waals surface area contributed by atoms with E-state index < -0.39 is 0 Å². The molecule has 1 aromatic carbocycles. The zero-order valence-corrected chi connectivity index (χ0v) is 14.1. The van der Waals surface area contributed by atoms with E-state index >= 15 is 0 Å². The van der Waals surface area contributed by atoms with Gasteiger partial charge in [-0.25, -0.2) is 4.39 Å². The number of amides is 1. The summed E-state index contributed by atoms with van der Waals surface area (Å²) < 4.78 is 13.5. The van der Waals surface area contributed by atoms with Crippen LogP contribution in [0.2, 0.25) is 0 Å². The van der Waals surface area contributed by atoms with Crippen LogP contribution in [0, 0.1) is 5.82 Å². The first-order chi connectivity index (χ1) is 11.7. The summed E-state index contributed by atoms with van der Waals surface area (Å²) in [6.07, 6.45) is 2.04. The fourth-order valence-corrected chi connectivity index (χ4v) is 2.40. The predicted octanol–water partition coefficient (Wildman–Crippen LogP) is 3.17. The maximum Gasteiger partial charge on any atom is 0.272 e. The van der Waals surface area contributed by atoms with Crippen molar-refractivity contribution in [2.24, 2.45) is 0 Å². The Morgan fingerprint density at radius 1 is 1.08 bits per heavy atom. The van der Waals surface area contributed by atoms with Crippen LogP contribution in [0.25, 0.3) is 0 Å². The standard InChI is InChI=1S/C18H23FN4O/c1-3-11-23(12-4-2)17-10-9-16(21-22-17)18(24)20-13-14-7-5-6-8-15(14)19/h5-10H,3-4,11-13H2,1-2H3,(H,20,24). The molecule has 1 heterocycles. The fourth-order valence-electron chi connectivity index (χ4n) is 2.40. The third-order valence-corrected chi connectivity index (χ3v) is 3.59. The van der Waals surface area contributed by atoms with Crippen molar-refractivity contribution < 1.29 is 9.18 Å². The van der Waals surface area contributed by atoms with Gasteiger partial charge >= 0.3 is 0 Å². The summed E-state index contributed by atoms with van der Waals surface area (Å²) >= 11 is 0. The minimum atomic E-state index is -0.366. The maximum atomic E-state index is 13.5. The Kier molecular flexibility index (Phi) is 6.66. The number of carbonyl (C=O) groups excluding carboxylic acids is 1. The molecule has 0 atom stereocenters. The zero-order chi connectivity index (χ0) is 17.4. The smallest absolute Gasteiger partial charge is 0.272 e. The average Bonchev–Trinajstić information content (AvgIpc) is 2.61. The minimum Gasteiger partial charge on any atom is -0.355 e. The second-order valence-corrected chi connectivity index (χ2v) is 5.54. The van der Waals surface area contributed by atoms with E-state index in [1.54, 1.807) is 30.3 Å². The molecule has 1 N–H and O–H groups in total. The van der Waals surface area contributed by atoms with Crippen molar-refractivity contribution >= 4 is 11.7 Å². The van der Waals surface area contributed by atoms with Gasteiger partial charge in [-0.3, -0.25) is 4.79 Å². The number of anilines is 1. The van der Waals surface area contributed by atoms with Gasteiger partial charge in [-0.1, -0.05) is 32.0 Å². The molecule has 2 aromatic rings. The molecule has 0 fully saturated rings. The van der Waals surface area contributed by atoms with Crippen molar-refractivity contribution in [1.29, 1.82) is 0 Å². The van der Waals surface area contributed by atoms with Crippen molar-refractivity contribution in [1.82, 2.24) is 15.5 Å². The molecule has 0 unspecified atom stereocenters. The molecule has 0 aliphatic rings. The monoisotopic (exact) mass is 330 g/mol. The van der Waals surface area contributed by atoms with E-state index in [0.29, 0.717) is 5.56 Å². The van der Waals surface area contributed by atoms with E-state index in [1.165, 1.54) is 6.07 Å². The topological polar surface area (TPSA) is 58.1 Å². The average molecular weight is 330 g/mol. The Bertz CT molecular complexity index is 654. The highest BCUT2D eigenvalue weighted by Crippen LogP contribution is 2.11. The molecule has 0 saturated heterocycles. The summed E-state index contributed by atoms with van der Waals surface area (Å²) in [6, 6.07) is 9.80. The van der Waals surface area contributed by atoms with Gasteiger partial charge in [0.05, 0.1) is 0 Å². The van der Waals surface area contributed by atoms with Crippen LogP contribution in [-0.2, 0) is 6.54 Å². The minimum absolute atomic E-state index is 0.118. The van der Waals surface area contributed by atoms with Crippen LogP contribution in [0.4, 0.5) is 10.2 Å². The molecule has 0 aliphatic carbocycles. The van der Waals surface area contributed by atoms with E-state index in [0.717, 1.165) is 31.7 Å². The predicted molar refractivity (Wildman–Crippen MR) is 92.4 cm³/mol.